The van der Waals surface area contributed by atoms with E-state index in [1.807, 2.05) is 47.4 Å². The van der Waals surface area contributed by atoms with Gasteiger partial charge in [-0.3, -0.25) is 14.7 Å². The topological polar surface area (TPSA) is 74.9 Å². The van der Waals surface area contributed by atoms with Gasteiger partial charge < -0.3 is 9.47 Å². The number of hydrogen-bond donors (Lipinski definition) is 0. The number of rotatable bonds is 7. The summed E-state index contributed by atoms with van der Waals surface area (Å²) >= 11 is 1.52. The maximum atomic E-state index is 13.7. The number of amides is 1. The molecule has 38 heavy (non-hydrogen) atoms. The molecule has 2 saturated carbocycles. The highest BCUT2D eigenvalue weighted by Gasteiger charge is 2.39. The standard InChI is InChI=1S/C31H35N3O3S/c1-36-28-18-22(16-17-27(28)37-21-24-11-9-8-10-23(24)20-32)19-29-30(35)34(26-14-6-3-7-15-26)31(38-29)33-25-12-4-2-5-13-25/h8-11,16-19,25-26H,2-7,12-15,21H2,1H3. The Balaban J connectivity index is 1.37. The summed E-state index contributed by atoms with van der Waals surface area (Å²) in [6.07, 6.45) is 13.6. The molecule has 3 fully saturated rings. The average molecular weight is 530 g/mol. The van der Waals surface area contributed by atoms with Crippen LogP contribution in [0.15, 0.2) is 52.4 Å². The number of amidine groups is 1. The molecule has 0 spiro atoms. The molecule has 2 aromatic carbocycles. The van der Waals surface area contributed by atoms with Crippen LogP contribution in [0.5, 0.6) is 11.5 Å². The first kappa shape index (κ1) is 26.4. The highest BCUT2D eigenvalue weighted by molar-refractivity contribution is 8.18. The number of hydrogen-bond acceptors (Lipinski definition) is 6. The highest BCUT2D eigenvalue weighted by atomic mass is 32.2. The molecular weight excluding hydrogens is 494 g/mol. The average Bonchev–Trinajstić information content (AvgIpc) is 3.27. The van der Waals surface area contributed by atoms with Crippen molar-refractivity contribution in [3.05, 3.63) is 64.1 Å². The summed E-state index contributed by atoms with van der Waals surface area (Å²) in [7, 11) is 1.61. The fraction of sp³-hybridized carbons (Fsp3) is 0.452. The van der Waals surface area contributed by atoms with Crippen LogP contribution in [0.2, 0.25) is 0 Å². The second-order valence-electron chi connectivity index (χ2n) is 10.2. The SMILES string of the molecule is COc1cc(C=C2SC(=NC3CCCCC3)N(C3CCCCC3)C2=O)ccc1OCc1ccccc1C#N. The summed E-state index contributed by atoms with van der Waals surface area (Å²) in [4.78, 5) is 21.5. The van der Waals surface area contributed by atoms with Crippen LogP contribution in [-0.4, -0.2) is 35.2 Å². The third-order valence-corrected chi connectivity index (χ3v) is 8.65. The van der Waals surface area contributed by atoms with Gasteiger partial charge in [0, 0.05) is 11.6 Å². The van der Waals surface area contributed by atoms with E-state index in [0.717, 1.165) is 42.0 Å². The zero-order valence-corrected chi connectivity index (χ0v) is 22.8. The second-order valence-corrected chi connectivity index (χ2v) is 11.3. The molecule has 2 aliphatic carbocycles. The lowest BCUT2D eigenvalue weighted by Gasteiger charge is -2.31. The van der Waals surface area contributed by atoms with Gasteiger partial charge in [-0.05, 0) is 67.3 Å². The monoisotopic (exact) mass is 529 g/mol. The molecule has 7 heteroatoms. The van der Waals surface area contributed by atoms with Gasteiger partial charge in [0.1, 0.15) is 6.61 Å². The number of carbonyl (C=O) groups is 1. The van der Waals surface area contributed by atoms with Crippen molar-refractivity contribution in [2.75, 3.05) is 7.11 Å². The molecule has 2 aromatic rings. The molecule has 6 nitrogen and oxygen atoms in total. The lowest BCUT2D eigenvalue weighted by Crippen LogP contribution is -2.41. The molecule has 1 aliphatic heterocycles. The third-order valence-electron chi connectivity index (χ3n) is 7.65. The Morgan fingerprint density at radius 1 is 1.03 bits per heavy atom. The highest BCUT2D eigenvalue weighted by Crippen LogP contribution is 2.39. The largest absolute Gasteiger partial charge is 0.493 e. The van der Waals surface area contributed by atoms with Crippen molar-refractivity contribution in [1.29, 1.82) is 5.26 Å². The van der Waals surface area contributed by atoms with Gasteiger partial charge in [-0.2, -0.15) is 5.26 Å². The summed E-state index contributed by atoms with van der Waals surface area (Å²) < 4.78 is 11.6. The van der Waals surface area contributed by atoms with Crippen molar-refractivity contribution in [1.82, 2.24) is 4.90 Å². The van der Waals surface area contributed by atoms with Crippen LogP contribution in [-0.2, 0) is 11.4 Å². The number of aliphatic imine (C=N–C) groups is 1. The fourth-order valence-electron chi connectivity index (χ4n) is 5.56. The summed E-state index contributed by atoms with van der Waals surface area (Å²) in [6, 6.07) is 15.9. The number of nitrogens with zero attached hydrogens (tertiary/aromatic N) is 3. The summed E-state index contributed by atoms with van der Waals surface area (Å²) in [6.45, 7) is 0.270. The van der Waals surface area contributed by atoms with Gasteiger partial charge in [0.25, 0.3) is 5.91 Å². The molecule has 0 atom stereocenters. The van der Waals surface area contributed by atoms with Crippen LogP contribution >= 0.6 is 11.8 Å². The van der Waals surface area contributed by atoms with E-state index >= 15 is 0 Å². The molecular formula is C31H35N3O3S. The Labute approximate surface area is 229 Å². The number of methoxy groups -OCH3 is 1. The van der Waals surface area contributed by atoms with Crippen LogP contribution in [0.4, 0.5) is 0 Å². The van der Waals surface area contributed by atoms with Crippen molar-refractivity contribution in [3.8, 4) is 17.6 Å². The summed E-state index contributed by atoms with van der Waals surface area (Å²) in [5.41, 5.74) is 2.30. The number of thioether (sulfide) groups is 1. The molecule has 1 heterocycles. The maximum absolute atomic E-state index is 13.7. The van der Waals surface area contributed by atoms with Crippen LogP contribution in [0, 0.1) is 11.3 Å². The van der Waals surface area contributed by atoms with Gasteiger partial charge in [0.15, 0.2) is 16.7 Å². The zero-order valence-electron chi connectivity index (χ0n) is 22.0. The van der Waals surface area contributed by atoms with Crippen LogP contribution < -0.4 is 9.47 Å². The van der Waals surface area contributed by atoms with Gasteiger partial charge in [0.05, 0.1) is 29.7 Å². The first-order valence-electron chi connectivity index (χ1n) is 13.8. The van der Waals surface area contributed by atoms with Crippen molar-refractivity contribution in [2.24, 2.45) is 4.99 Å². The lowest BCUT2D eigenvalue weighted by atomic mass is 9.94. The van der Waals surface area contributed by atoms with Crippen LogP contribution in [0.1, 0.15) is 80.9 Å². The molecule has 1 saturated heterocycles. The van der Waals surface area contributed by atoms with Gasteiger partial charge in [-0.15, -0.1) is 0 Å². The Hall–Kier alpha value is -3.24. The minimum absolute atomic E-state index is 0.0730. The second kappa shape index (κ2) is 12.5. The van der Waals surface area contributed by atoms with E-state index in [1.54, 1.807) is 13.2 Å². The first-order valence-corrected chi connectivity index (χ1v) is 14.6. The van der Waals surface area contributed by atoms with E-state index in [0.29, 0.717) is 28.0 Å². The fourth-order valence-corrected chi connectivity index (χ4v) is 6.67. The Bertz CT molecular complexity index is 1250. The predicted octanol–water partition coefficient (Wildman–Crippen LogP) is 7.08. The molecule has 5 rings (SSSR count). The number of nitriles is 1. The molecule has 1 amide bonds. The molecule has 0 radical (unpaired) electrons. The summed E-state index contributed by atoms with van der Waals surface area (Å²) in [5, 5.41) is 10.2. The molecule has 0 bridgehead atoms. The first-order chi connectivity index (χ1) is 18.7. The number of carbonyl (C=O) groups excluding carboxylic acids is 1. The number of benzene rings is 2. The molecule has 0 aromatic heterocycles. The molecule has 198 valence electrons. The van der Waals surface area contributed by atoms with Crippen LogP contribution in [0.3, 0.4) is 0 Å². The van der Waals surface area contributed by atoms with Gasteiger partial charge in [0.2, 0.25) is 0 Å². The summed E-state index contributed by atoms with van der Waals surface area (Å²) in [5.74, 6) is 1.25. The van der Waals surface area contributed by atoms with Crippen LogP contribution in [0.25, 0.3) is 6.08 Å². The van der Waals surface area contributed by atoms with Gasteiger partial charge in [-0.1, -0.05) is 62.8 Å². The molecule has 0 N–H and O–H groups in total. The van der Waals surface area contributed by atoms with E-state index in [4.69, 9.17) is 14.5 Å². The van der Waals surface area contributed by atoms with Crippen molar-refractivity contribution < 1.29 is 14.3 Å². The van der Waals surface area contributed by atoms with Gasteiger partial charge in [-0.25, -0.2) is 0 Å². The van der Waals surface area contributed by atoms with E-state index in [1.165, 1.54) is 50.3 Å². The predicted molar refractivity (Wildman–Crippen MR) is 152 cm³/mol. The minimum atomic E-state index is 0.0730. The smallest absolute Gasteiger partial charge is 0.266 e. The Morgan fingerprint density at radius 2 is 1.76 bits per heavy atom. The maximum Gasteiger partial charge on any atom is 0.266 e. The van der Waals surface area contributed by atoms with E-state index < -0.39 is 0 Å². The lowest BCUT2D eigenvalue weighted by molar-refractivity contribution is -0.124. The van der Waals surface area contributed by atoms with E-state index in [-0.39, 0.29) is 18.6 Å². The minimum Gasteiger partial charge on any atom is -0.493 e. The Morgan fingerprint density at radius 3 is 2.50 bits per heavy atom. The molecule has 0 unspecified atom stereocenters. The van der Waals surface area contributed by atoms with E-state index in [2.05, 4.69) is 6.07 Å². The molecule has 3 aliphatic rings. The Kier molecular flexibility index (Phi) is 8.70. The normalized spacial score (nSPS) is 21.2. The van der Waals surface area contributed by atoms with E-state index in [9.17, 15) is 10.1 Å². The quantitative estimate of drug-likeness (QED) is 0.358. The zero-order chi connectivity index (χ0) is 26.3. The third kappa shape index (κ3) is 6.07. The van der Waals surface area contributed by atoms with Crippen molar-refractivity contribution in [3.63, 3.8) is 0 Å². The number of ether oxygens (including phenoxy) is 2. The van der Waals surface area contributed by atoms with Gasteiger partial charge >= 0.3 is 0 Å². The van der Waals surface area contributed by atoms with Crippen molar-refractivity contribution in [2.45, 2.75) is 82.9 Å². The van der Waals surface area contributed by atoms with Crippen molar-refractivity contribution >= 4 is 28.9 Å².